The maximum Gasteiger partial charge on any atom is 0.126 e. The van der Waals surface area contributed by atoms with Crippen LogP contribution in [0, 0.1) is 6.92 Å². The van der Waals surface area contributed by atoms with Gasteiger partial charge in [0.2, 0.25) is 0 Å². The van der Waals surface area contributed by atoms with E-state index in [4.69, 9.17) is 10.5 Å². The highest BCUT2D eigenvalue weighted by Crippen LogP contribution is 2.32. The number of nitrogens with zero attached hydrogens (tertiary/aromatic N) is 1. The molecule has 0 saturated heterocycles. The molecule has 0 unspecified atom stereocenters. The van der Waals surface area contributed by atoms with Gasteiger partial charge in [-0.05, 0) is 36.2 Å². The smallest absolute Gasteiger partial charge is 0.126 e. The topological polar surface area (TPSA) is 48.1 Å². The first-order chi connectivity index (χ1) is 8.26. The Bertz CT molecular complexity index is 523. The molecule has 1 aromatic heterocycles. The number of methoxy groups -OCH3 is 1. The van der Waals surface area contributed by atoms with Crippen LogP contribution in [-0.2, 0) is 6.54 Å². The summed E-state index contributed by atoms with van der Waals surface area (Å²) >= 11 is 0. The predicted molar refractivity (Wildman–Crippen MR) is 68.9 cm³/mol. The first-order valence-corrected chi connectivity index (χ1v) is 5.54. The minimum Gasteiger partial charge on any atom is -0.496 e. The molecule has 0 atom stereocenters. The number of pyridine rings is 1. The van der Waals surface area contributed by atoms with E-state index in [9.17, 15) is 0 Å². The Hall–Kier alpha value is -1.87. The lowest BCUT2D eigenvalue weighted by molar-refractivity contribution is 0.416. The van der Waals surface area contributed by atoms with Crippen molar-refractivity contribution in [3.05, 3.63) is 47.8 Å². The molecule has 17 heavy (non-hydrogen) atoms. The molecular formula is C14H16N2O. The first-order valence-electron chi connectivity index (χ1n) is 5.54. The van der Waals surface area contributed by atoms with E-state index in [1.54, 1.807) is 19.5 Å². The molecule has 0 saturated carbocycles. The number of rotatable bonds is 3. The van der Waals surface area contributed by atoms with Gasteiger partial charge in [-0.15, -0.1) is 0 Å². The zero-order valence-electron chi connectivity index (χ0n) is 10.1. The molecule has 3 heteroatoms. The van der Waals surface area contributed by atoms with Crippen molar-refractivity contribution in [2.24, 2.45) is 5.73 Å². The van der Waals surface area contributed by atoms with Crippen molar-refractivity contribution >= 4 is 0 Å². The molecule has 1 aromatic carbocycles. The lowest BCUT2D eigenvalue weighted by Crippen LogP contribution is -2.00. The fourth-order valence-electron chi connectivity index (χ4n) is 1.88. The van der Waals surface area contributed by atoms with Crippen LogP contribution in [0.25, 0.3) is 11.1 Å². The second-order valence-corrected chi connectivity index (χ2v) is 3.94. The van der Waals surface area contributed by atoms with Gasteiger partial charge in [-0.25, -0.2) is 0 Å². The van der Waals surface area contributed by atoms with Gasteiger partial charge >= 0.3 is 0 Å². The molecule has 1 heterocycles. The Morgan fingerprint density at radius 3 is 2.76 bits per heavy atom. The molecule has 0 spiro atoms. The summed E-state index contributed by atoms with van der Waals surface area (Å²) < 4.78 is 5.39. The van der Waals surface area contributed by atoms with E-state index in [1.165, 1.54) is 5.56 Å². The number of benzene rings is 1. The third-order valence-electron chi connectivity index (χ3n) is 2.77. The lowest BCUT2D eigenvalue weighted by atomic mass is 9.99. The molecule has 0 fully saturated rings. The van der Waals surface area contributed by atoms with Crippen LogP contribution >= 0.6 is 0 Å². The molecule has 0 aliphatic carbocycles. The SMILES string of the molecule is COc1ccc(C)cc1-c1ccncc1CN. The number of hydrogen-bond acceptors (Lipinski definition) is 3. The second kappa shape index (κ2) is 4.97. The molecule has 0 aliphatic heterocycles. The van der Waals surface area contributed by atoms with Crippen LogP contribution in [0.15, 0.2) is 36.7 Å². The lowest BCUT2D eigenvalue weighted by Gasteiger charge is -2.12. The van der Waals surface area contributed by atoms with Crippen LogP contribution in [0.1, 0.15) is 11.1 Å². The van der Waals surface area contributed by atoms with Crippen LogP contribution in [0.5, 0.6) is 5.75 Å². The Morgan fingerprint density at radius 2 is 2.06 bits per heavy atom. The van der Waals surface area contributed by atoms with Gasteiger partial charge in [0.1, 0.15) is 5.75 Å². The average molecular weight is 228 g/mol. The molecule has 0 bridgehead atoms. The summed E-state index contributed by atoms with van der Waals surface area (Å²) in [5.74, 6) is 0.858. The van der Waals surface area contributed by atoms with Crippen LogP contribution in [-0.4, -0.2) is 12.1 Å². The third-order valence-corrected chi connectivity index (χ3v) is 2.77. The van der Waals surface area contributed by atoms with E-state index in [2.05, 4.69) is 18.0 Å². The van der Waals surface area contributed by atoms with Crippen molar-refractivity contribution in [2.75, 3.05) is 7.11 Å². The largest absolute Gasteiger partial charge is 0.496 e. The van der Waals surface area contributed by atoms with Gasteiger partial charge in [0.05, 0.1) is 7.11 Å². The quantitative estimate of drug-likeness (QED) is 0.878. The highest BCUT2D eigenvalue weighted by Gasteiger charge is 2.09. The molecule has 0 aliphatic rings. The molecule has 2 rings (SSSR count). The fraction of sp³-hybridized carbons (Fsp3) is 0.214. The van der Waals surface area contributed by atoms with Crippen molar-refractivity contribution in [3.8, 4) is 16.9 Å². The second-order valence-electron chi connectivity index (χ2n) is 3.94. The standard InChI is InChI=1S/C14H16N2O/c1-10-3-4-14(17-2)13(7-10)12-5-6-16-9-11(12)8-15/h3-7,9H,8,15H2,1-2H3. The van der Waals surface area contributed by atoms with Gasteiger partial charge in [0.25, 0.3) is 0 Å². The summed E-state index contributed by atoms with van der Waals surface area (Å²) in [5.41, 5.74) is 10.1. The minimum absolute atomic E-state index is 0.472. The van der Waals surface area contributed by atoms with E-state index < -0.39 is 0 Å². The summed E-state index contributed by atoms with van der Waals surface area (Å²) in [6.45, 7) is 2.53. The maximum absolute atomic E-state index is 5.74. The van der Waals surface area contributed by atoms with Crippen LogP contribution in [0.3, 0.4) is 0 Å². The summed E-state index contributed by atoms with van der Waals surface area (Å²) in [5, 5.41) is 0. The summed E-state index contributed by atoms with van der Waals surface area (Å²) in [6.07, 6.45) is 3.58. The first kappa shape index (κ1) is 11.6. The third kappa shape index (κ3) is 2.29. The molecule has 0 radical (unpaired) electrons. The van der Waals surface area contributed by atoms with Crippen LogP contribution < -0.4 is 10.5 Å². The molecule has 2 N–H and O–H groups in total. The van der Waals surface area contributed by atoms with Crippen molar-refractivity contribution in [2.45, 2.75) is 13.5 Å². The van der Waals surface area contributed by atoms with Gasteiger partial charge in [-0.1, -0.05) is 11.6 Å². The van der Waals surface area contributed by atoms with Crippen molar-refractivity contribution < 1.29 is 4.74 Å². The van der Waals surface area contributed by atoms with Gasteiger partial charge in [0, 0.05) is 24.5 Å². The van der Waals surface area contributed by atoms with Crippen molar-refractivity contribution in [1.82, 2.24) is 4.98 Å². The van der Waals surface area contributed by atoms with E-state index in [0.717, 1.165) is 22.4 Å². The number of aryl methyl sites for hydroxylation is 1. The van der Waals surface area contributed by atoms with Gasteiger partial charge in [-0.3, -0.25) is 4.98 Å². The molecule has 0 amide bonds. The van der Waals surface area contributed by atoms with Gasteiger partial charge in [0.15, 0.2) is 0 Å². The predicted octanol–water partition coefficient (Wildman–Crippen LogP) is 2.52. The zero-order valence-corrected chi connectivity index (χ0v) is 10.1. The van der Waals surface area contributed by atoms with E-state index in [1.807, 2.05) is 18.2 Å². The van der Waals surface area contributed by atoms with Gasteiger partial charge in [-0.2, -0.15) is 0 Å². The summed E-state index contributed by atoms with van der Waals surface area (Å²) in [6, 6.07) is 8.09. The zero-order chi connectivity index (χ0) is 12.3. The number of aromatic nitrogens is 1. The molecule has 3 nitrogen and oxygen atoms in total. The van der Waals surface area contributed by atoms with E-state index in [0.29, 0.717) is 6.54 Å². The minimum atomic E-state index is 0.472. The monoisotopic (exact) mass is 228 g/mol. The maximum atomic E-state index is 5.74. The van der Waals surface area contributed by atoms with Gasteiger partial charge < -0.3 is 10.5 Å². The van der Waals surface area contributed by atoms with Crippen LogP contribution in [0.2, 0.25) is 0 Å². The highest BCUT2D eigenvalue weighted by molar-refractivity contribution is 5.73. The fourth-order valence-corrected chi connectivity index (χ4v) is 1.88. The van der Waals surface area contributed by atoms with E-state index in [-0.39, 0.29) is 0 Å². The normalized spacial score (nSPS) is 10.3. The number of ether oxygens (including phenoxy) is 1. The Morgan fingerprint density at radius 1 is 1.24 bits per heavy atom. The highest BCUT2D eigenvalue weighted by atomic mass is 16.5. The Labute approximate surface area is 101 Å². The number of nitrogens with two attached hydrogens (primary N) is 1. The molecule has 88 valence electrons. The van der Waals surface area contributed by atoms with E-state index >= 15 is 0 Å². The summed E-state index contributed by atoms with van der Waals surface area (Å²) in [4.78, 5) is 4.10. The Balaban J connectivity index is 2.62. The molecular weight excluding hydrogens is 212 g/mol. The van der Waals surface area contributed by atoms with Crippen molar-refractivity contribution in [1.29, 1.82) is 0 Å². The Kier molecular flexibility index (Phi) is 3.40. The average Bonchev–Trinajstić information content (AvgIpc) is 2.38. The number of hydrogen-bond donors (Lipinski definition) is 1. The van der Waals surface area contributed by atoms with Crippen molar-refractivity contribution in [3.63, 3.8) is 0 Å². The van der Waals surface area contributed by atoms with Crippen LogP contribution in [0.4, 0.5) is 0 Å². The summed E-state index contributed by atoms with van der Waals surface area (Å²) in [7, 11) is 1.68. The molecule has 2 aromatic rings.